The van der Waals surface area contributed by atoms with Crippen molar-refractivity contribution in [3.05, 3.63) is 59.7 Å². The van der Waals surface area contributed by atoms with Gasteiger partial charge in [0, 0.05) is 6.04 Å². The van der Waals surface area contributed by atoms with E-state index >= 15 is 0 Å². The fourth-order valence-electron chi connectivity index (χ4n) is 3.20. The van der Waals surface area contributed by atoms with Crippen LogP contribution in [0.3, 0.4) is 0 Å². The van der Waals surface area contributed by atoms with Crippen LogP contribution in [-0.4, -0.2) is 23.0 Å². The molecule has 0 saturated heterocycles. The zero-order valence-corrected chi connectivity index (χ0v) is 13.3. The standard InChI is InChI=1S/C19H17F2NO3/c20-13-7-4-11(5-8-13)12-6-9-14(16(21)10-12)18(23)22-17-3-1-2-15(17)19(24)25/h4-10,15,17H,1-3H2,(H,22,23)(H,24,25)/t15-,17+/m1/s1. The topological polar surface area (TPSA) is 66.4 Å². The number of hydrogen-bond acceptors (Lipinski definition) is 2. The van der Waals surface area contributed by atoms with Gasteiger partial charge in [0.15, 0.2) is 0 Å². The third kappa shape index (κ3) is 3.68. The Morgan fingerprint density at radius 2 is 1.68 bits per heavy atom. The molecule has 0 heterocycles. The summed E-state index contributed by atoms with van der Waals surface area (Å²) in [6.45, 7) is 0. The molecule has 130 valence electrons. The van der Waals surface area contributed by atoms with Gasteiger partial charge < -0.3 is 10.4 Å². The van der Waals surface area contributed by atoms with E-state index in [4.69, 9.17) is 5.11 Å². The summed E-state index contributed by atoms with van der Waals surface area (Å²) in [6, 6.07) is 9.27. The van der Waals surface area contributed by atoms with Crippen molar-refractivity contribution in [2.75, 3.05) is 0 Å². The van der Waals surface area contributed by atoms with Crippen molar-refractivity contribution in [3.63, 3.8) is 0 Å². The summed E-state index contributed by atoms with van der Waals surface area (Å²) < 4.78 is 27.3. The summed E-state index contributed by atoms with van der Waals surface area (Å²) in [5.41, 5.74) is 1.02. The molecule has 0 radical (unpaired) electrons. The van der Waals surface area contributed by atoms with Crippen LogP contribution in [0.2, 0.25) is 0 Å². The summed E-state index contributed by atoms with van der Waals surface area (Å²) in [6.07, 6.45) is 1.79. The van der Waals surface area contributed by atoms with Gasteiger partial charge in [-0.1, -0.05) is 24.6 Å². The molecule has 0 aliphatic heterocycles. The molecule has 0 unspecified atom stereocenters. The van der Waals surface area contributed by atoms with Gasteiger partial charge in [0.05, 0.1) is 11.5 Å². The zero-order chi connectivity index (χ0) is 18.0. The first kappa shape index (κ1) is 17.1. The van der Waals surface area contributed by atoms with Gasteiger partial charge in [-0.15, -0.1) is 0 Å². The fourth-order valence-corrected chi connectivity index (χ4v) is 3.20. The van der Waals surface area contributed by atoms with Gasteiger partial charge in [-0.25, -0.2) is 8.78 Å². The first-order chi connectivity index (χ1) is 12.0. The smallest absolute Gasteiger partial charge is 0.308 e. The van der Waals surface area contributed by atoms with Crippen molar-refractivity contribution in [1.29, 1.82) is 0 Å². The molecule has 25 heavy (non-hydrogen) atoms. The minimum atomic E-state index is -0.949. The van der Waals surface area contributed by atoms with E-state index in [-0.39, 0.29) is 11.4 Å². The van der Waals surface area contributed by atoms with E-state index < -0.39 is 29.7 Å². The van der Waals surface area contributed by atoms with Crippen molar-refractivity contribution < 1.29 is 23.5 Å². The summed E-state index contributed by atoms with van der Waals surface area (Å²) in [5.74, 6) is -3.30. The van der Waals surface area contributed by atoms with E-state index in [0.29, 0.717) is 30.4 Å². The summed E-state index contributed by atoms with van der Waals surface area (Å²) in [4.78, 5) is 23.5. The maximum absolute atomic E-state index is 14.3. The number of carbonyl (C=O) groups excluding carboxylic acids is 1. The molecule has 1 saturated carbocycles. The molecular weight excluding hydrogens is 328 g/mol. The van der Waals surface area contributed by atoms with Crippen LogP contribution >= 0.6 is 0 Å². The maximum atomic E-state index is 14.3. The van der Waals surface area contributed by atoms with E-state index in [1.807, 2.05) is 0 Å². The molecule has 1 fully saturated rings. The molecule has 4 nitrogen and oxygen atoms in total. The van der Waals surface area contributed by atoms with Crippen LogP contribution in [0.1, 0.15) is 29.6 Å². The van der Waals surface area contributed by atoms with Crippen LogP contribution in [-0.2, 0) is 4.79 Å². The van der Waals surface area contributed by atoms with E-state index in [1.54, 1.807) is 6.07 Å². The lowest BCUT2D eigenvalue weighted by Gasteiger charge is -2.18. The van der Waals surface area contributed by atoms with Gasteiger partial charge in [0.1, 0.15) is 11.6 Å². The third-order valence-electron chi connectivity index (χ3n) is 4.54. The fraction of sp³-hybridized carbons (Fsp3) is 0.263. The molecule has 0 aromatic heterocycles. The van der Waals surface area contributed by atoms with Crippen LogP contribution in [0.5, 0.6) is 0 Å². The first-order valence-electron chi connectivity index (χ1n) is 8.05. The monoisotopic (exact) mass is 345 g/mol. The molecule has 1 aliphatic rings. The highest BCUT2D eigenvalue weighted by Gasteiger charge is 2.34. The second kappa shape index (κ2) is 7.01. The van der Waals surface area contributed by atoms with Crippen LogP contribution in [0.4, 0.5) is 8.78 Å². The van der Waals surface area contributed by atoms with Crippen LogP contribution in [0.15, 0.2) is 42.5 Å². The lowest BCUT2D eigenvalue weighted by molar-refractivity contribution is -0.142. The average molecular weight is 345 g/mol. The number of hydrogen-bond donors (Lipinski definition) is 2. The lowest BCUT2D eigenvalue weighted by atomic mass is 10.0. The first-order valence-corrected chi connectivity index (χ1v) is 8.05. The molecule has 1 amide bonds. The van der Waals surface area contributed by atoms with Crippen LogP contribution in [0, 0.1) is 17.6 Å². The third-order valence-corrected chi connectivity index (χ3v) is 4.54. The normalized spacial score (nSPS) is 19.6. The van der Waals surface area contributed by atoms with Crippen LogP contribution < -0.4 is 5.32 Å². The molecule has 2 atom stereocenters. The van der Waals surface area contributed by atoms with Gasteiger partial charge in [0.2, 0.25) is 0 Å². The second-order valence-corrected chi connectivity index (χ2v) is 6.16. The highest BCUT2D eigenvalue weighted by Crippen LogP contribution is 2.27. The van der Waals surface area contributed by atoms with Gasteiger partial charge in [-0.05, 0) is 48.2 Å². The number of halogens is 2. The molecular formula is C19H17F2NO3. The Balaban J connectivity index is 1.77. The number of carboxylic acids is 1. The molecule has 1 aliphatic carbocycles. The zero-order valence-electron chi connectivity index (χ0n) is 13.3. The predicted octanol–water partition coefficient (Wildman–Crippen LogP) is 3.61. The highest BCUT2D eigenvalue weighted by molar-refractivity contribution is 5.95. The molecule has 2 N–H and O–H groups in total. The van der Waals surface area contributed by atoms with E-state index in [2.05, 4.69) is 5.32 Å². The van der Waals surface area contributed by atoms with E-state index in [9.17, 15) is 18.4 Å². The number of rotatable bonds is 4. The Labute approximate surface area is 143 Å². The summed E-state index contributed by atoms with van der Waals surface area (Å²) >= 11 is 0. The van der Waals surface area contributed by atoms with Gasteiger partial charge >= 0.3 is 5.97 Å². The number of amides is 1. The van der Waals surface area contributed by atoms with Crippen molar-refractivity contribution in [2.45, 2.75) is 25.3 Å². The minimum absolute atomic E-state index is 0.137. The number of carboxylic acid groups (broad SMARTS) is 1. The minimum Gasteiger partial charge on any atom is -0.481 e. The van der Waals surface area contributed by atoms with E-state index in [1.165, 1.54) is 36.4 Å². The molecule has 2 aromatic carbocycles. The summed E-state index contributed by atoms with van der Waals surface area (Å²) in [7, 11) is 0. The van der Waals surface area contributed by atoms with Gasteiger partial charge in [-0.3, -0.25) is 9.59 Å². The van der Waals surface area contributed by atoms with Crippen molar-refractivity contribution in [2.24, 2.45) is 5.92 Å². The number of nitrogens with one attached hydrogen (secondary N) is 1. The van der Waals surface area contributed by atoms with Gasteiger partial charge in [-0.2, -0.15) is 0 Å². The summed E-state index contributed by atoms with van der Waals surface area (Å²) in [5, 5.41) is 11.8. The number of carbonyl (C=O) groups is 2. The van der Waals surface area contributed by atoms with Crippen molar-refractivity contribution >= 4 is 11.9 Å². The lowest BCUT2D eigenvalue weighted by Crippen LogP contribution is -2.40. The Morgan fingerprint density at radius 3 is 2.32 bits per heavy atom. The molecule has 3 rings (SSSR count). The molecule has 6 heteroatoms. The quantitative estimate of drug-likeness (QED) is 0.889. The molecule has 2 aromatic rings. The number of aliphatic carboxylic acids is 1. The van der Waals surface area contributed by atoms with Gasteiger partial charge in [0.25, 0.3) is 5.91 Å². The maximum Gasteiger partial charge on any atom is 0.308 e. The Hall–Kier alpha value is -2.76. The molecule has 0 bridgehead atoms. The van der Waals surface area contributed by atoms with Crippen molar-refractivity contribution in [1.82, 2.24) is 5.32 Å². The highest BCUT2D eigenvalue weighted by atomic mass is 19.1. The average Bonchev–Trinajstić information content (AvgIpc) is 3.03. The Kier molecular flexibility index (Phi) is 4.79. The predicted molar refractivity (Wildman–Crippen MR) is 88.0 cm³/mol. The number of benzene rings is 2. The largest absolute Gasteiger partial charge is 0.481 e. The van der Waals surface area contributed by atoms with E-state index in [0.717, 1.165) is 0 Å². The SMILES string of the molecule is O=C(N[C@H]1CCC[C@H]1C(=O)O)c1ccc(-c2ccc(F)cc2)cc1F. The Morgan fingerprint density at radius 1 is 1.00 bits per heavy atom. The molecule has 0 spiro atoms. The van der Waals surface area contributed by atoms with Crippen LogP contribution in [0.25, 0.3) is 11.1 Å². The van der Waals surface area contributed by atoms with Crippen molar-refractivity contribution in [3.8, 4) is 11.1 Å². The Bertz CT molecular complexity index is 805. The second-order valence-electron chi connectivity index (χ2n) is 6.16.